The molecule has 0 atom stereocenters. The lowest BCUT2D eigenvalue weighted by atomic mass is 9.96. The van der Waals surface area contributed by atoms with E-state index in [4.69, 9.17) is 10.8 Å². The summed E-state index contributed by atoms with van der Waals surface area (Å²) in [6, 6.07) is 0. The molecule has 0 fully saturated rings. The third kappa shape index (κ3) is 3.95. The van der Waals surface area contributed by atoms with Gasteiger partial charge in [-0.3, -0.25) is 4.99 Å². The topological polar surface area (TPSA) is 60.1 Å². The SMILES string of the molecule is CC(C)(C=N)C/N=C/C=N. The first kappa shape index (κ1) is 9.01. The molecule has 2 N–H and O–H groups in total. The van der Waals surface area contributed by atoms with E-state index in [-0.39, 0.29) is 5.41 Å². The van der Waals surface area contributed by atoms with E-state index in [2.05, 4.69) is 4.99 Å². The molecule has 0 aliphatic heterocycles. The van der Waals surface area contributed by atoms with Gasteiger partial charge < -0.3 is 10.8 Å². The van der Waals surface area contributed by atoms with Crippen LogP contribution in [0.3, 0.4) is 0 Å². The summed E-state index contributed by atoms with van der Waals surface area (Å²) in [4.78, 5) is 3.91. The Bertz CT molecular complexity index is 147. The molecule has 0 aromatic carbocycles. The van der Waals surface area contributed by atoms with Crippen LogP contribution in [-0.2, 0) is 0 Å². The first-order chi connectivity index (χ1) is 4.62. The van der Waals surface area contributed by atoms with Crippen molar-refractivity contribution < 1.29 is 0 Å². The van der Waals surface area contributed by atoms with Crippen LogP contribution in [0.5, 0.6) is 0 Å². The van der Waals surface area contributed by atoms with Gasteiger partial charge in [-0.25, -0.2) is 0 Å². The van der Waals surface area contributed by atoms with Gasteiger partial charge in [0.25, 0.3) is 0 Å². The molecule has 0 unspecified atom stereocenters. The number of nitrogens with one attached hydrogen (secondary N) is 2. The third-order valence-electron chi connectivity index (χ3n) is 1.07. The first-order valence-electron chi connectivity index (χ1n) is 3.13. The minimum absolute atomic E-state index is 0.167. The van der Waals surface area contributed by atoms with E-state index in [9.17, 15) is 0 Å². The lowest BCUT2D eigenvalue weighted by molar-refractivity contribution is 0.551. The van der Waals surface area contributed by atoms with Gasteiger partial charge in [0.15, 0.2) is 0 Å². The van der Waals surface area contributed by atoms with Crippen molar-refractivity contribution in [2.75, 3.05) is 6.54 Å². The van der Waals surface area contributed by atoms with Crippen molar-refractivity contribution in [2.45, 2.75) is 13.8 Å². The molecule has 0 bridgehead atoms. The average Bonchev–Trinajstić information content (AvgIpc) is 1.89. The number of aliphatic imine (C=N–C) groups is 1. The molecule has 3 nitrogen and oxygen atoms in total. The Morgan fingerprint density at radius 3 is 2.40 bits per heavy atom. The Morgan fingerprint density at radius 1 is 1.40 bits per heavy atom. The number of hydrogen-bond acceptors (Lipinski definition) is 3. The molecule has 0 aliphatic rings. The highest BCUT2D eigenvalue weighted by Crippen LogP contribution is 2.09. The van der Waals surface area contributed by atoms with Crippen molar-refractivity contribution in [3.05, 3.63) is 0 Å². The zero-order chi connectivity index (χ0) is 8.04. The number of nitrogens with zero attached hydrogens (tertiary/aromatic N) is 1. The summed E-state index contributed by atoms with van der Waals surface area (Å²) in [5.74, 6) is 0. The highest BCUT2D eigenvalue weighted by molar-refractivity contribution is 6.14. The highest BCUT2D eigenvalue weighted by atomic mass is 14.7. The molecule has 0 rings (SSSR count). The molecule has 0 saturated heterocycles. The maximum absolute atomic E-state index is 6.98. The molecule has 0 spiro atoms. The zero-order valence-electron chi connectivity index (χ0n) is 6.39. The van der Waals surface area contributed by atoms with Crippen LogP contribution in [0.4, 0.5) is 0 Å². The van der Waals surface area contributed by atoms with Crippen LogP contribution >= 0.6 is 0 Å². The van der Waals surface area contributed by atoms with Crippen molar-refractivity contribution in [2.24, 2.45) is 10.4 Å². The maximum Gasteiger partial charge on any atom is 0.0490 e. The Kier molecular flexibility index (Phi) is 3.54. The lowest BCUT2D eigenvalue weighted by Gasteiger charge is -2.13. The van der Waals surface area contributed by atoms with Crippen LogP contribution in [0.2, 0.25) is 0 Å². The molecule has 10 heavy (non-hydrogen) atoms. The summed E-state index contributed by atoms with van der Waals surface area (Å²) in [7, 11) is 0. The molecule has 56 valence electrons. The Morgan fingerprint density at radius 2 is 2.00 bits per heavy atom. The smallest absolute Gasteiger partial charge is 0.0490 e. The Balaban J connectivity index is 3.77. The van der Waals surface area contributed by atoms with Crippen molar-refractivity contribution in [1.29, 1.82) is 10.8 Å². The van der Waals surface area contributed by atoms with E-state index in [0.717, 1.165) is 6.21 Å². The van der Waals surface area contributed by atoms with Crippen LogP contribution in [-0.4, -0.2) is 25.2 Å². The molecule has 0 amide bonds. The van der Waals surface area contributed by atoms with Crippen molar-refractivity contribution in [1.82, 2.24) is 0 Å². The van der Waals surface area contributed by atoms with Gasteiger partial charge in [-0.1, -0.05) is 13.8 Å². The fourth-order valence-electron chi connectivity index (χ4n) is 0.386. The zero-order valence-corrected chi connectivity index (χ0v) is 6.39. The lowest BCUT2D eigenvalue weighted by Crippen LogP contribution is -2.16. The molecule has 0 saturated carbocycles. The second-order valence-corrected chi connectivity index (χ2v) is 2.79. The van der Waals surface area contributed by atoms with Gasteiger partial charge in [0, 0.05) is 30.6 Å². The van der Waals surface area contributed by atoms with E-state index < -0.39 is 0 Å². The van der Waals surface area contributed by atoms with Gasteiger partial charge in [0.1, 0.15) is 0 Å². The fourth-order valence-corrected chi connectivity index (χ4v) is 0.386. The standard InChI is InChI=1S/C7H13N3/c1-7(2,5-9)6-10-4-3-8/h3-5,8-9H,6H2,1-2H3/b8-3?,9-5?,10-4+. The minimum Gasteiger partial charge on any atom is -0.312 e. The van der Waals surface area contributed by atoms with Crippen LogP contribution in [0.1, 0.15) is 13.8 Å². The molecular formula is C7H13N3. The van der Waals surface area contributed by atoms with Gasteiger partial charge in [-0.05, 0) is 0 Å². The van der Waals surface area contributed by atoms with E-state index in [1.54, 1.807) is 0 Å². The normalized spacial score (nSPS) is 11.8. The van der Waals surface area contributed by atoms with Crippen LogP contribution in [0.25, 0.3) is 0 Å². The quantitative estimate of drug-likeness (QED) is 0.553. The summed E-state index contributed by atoms with van der Waals surface area (Å²) >= 11 is 0. The summed E-state index contributed by atoms with van der Waals surface area (Å²) in [6.45, 7) is 4.44. The van der Waals surface area contributed by atoms with Gasteiger partial charge in [-0.15, -0.1) is 0 Å². The fraction of sp³-hybridized carbons (Fsp3) is 0.571. The van der Waals surface area contributed by atoms with Crippen molar-refractivity contribution in [3.8, 4) is 0 Å². The van der Waals surface area contributed by atoms with Gasteiger partial charge >= 0.3 is 0 Å². The van der Waals surface area contributed by atoms with E-state index >= 15 is 0 Å². The second-order valence-electron chi connectivity index (χ2n) is 2.79. The van der Waals surface area contributed by atoms with Gasteiger partial charge in [-0.2, -0.15) is 0 Å². The molecular weight excluding hydrogens is 126 g/mol. The largest absolute Gasteiger partial charge is 0.312 e. The number of hydrogen-bond donors (Lipinski definition) is 2. The first-order valence-corrected chi connectivity index (χ1v) is 3.13. The Hall–Kier alpha value is -0.990. The van der Waals surface area contributed by atoms with E-state index in [1.807, 2.05) is 13.8 Å². The van der Waals surface area contributed by atoms with E-state index in [0.29, 0.717) is 6.54 Å². The molecule has 0 aromatic rings. The van der Waals surface area contributed by atoms with Gasteiger partial charge in [0.05, 0.1) is 0 Å². The van der Waals surface area contributed by atoms with E-state index in [1.165, 1.54) is 12.4 Å². The highest BCUT2D eigenvalue weighted by Gasteiger charge is 2.11. The molecule has 0 heterocycles. The minimum atomic E-state index is -0.167. The summed E-state index contributed by atoms with van der Waals surface area (Å²) in [6.07, 6.45) is 3.94. The molecule has 0 aromatic heterocycles. The predicted molar refractivity (Wildman–Crippen MR) is 44.7 cm³/mol. The Labute approximate surface area is 61.2 Å². The number of rotatable bonds is 4. The summed E-state index contributed by atoms with van der Waals surface area (Å²) in [5, 5.41) is 13.6. The van der Waals surface area contributed by atoms with Crippen LogP contribution < -0.4 is 0 Å². The van der Waals surface area contributed by atoms with Crippen LogP contribution in [0, 0.1) is 16.2 Å². The molecule has 0 aliphatic carbocycles. The molecule has 0 radical (unpaired) electrons. The monoisotopic (exact) mass is 139 g/mol. The maximum atomic E-state index is 6.98. The summed E-state index contributed by atoms with van der Waals surface area (Å²) < 4.78 is 0. The van der Waals surface area contributed by atoms with Gasteiger partial charge in [0.2, 0.25) is 0 Å². The second kappa shape index (κ2) is 3.93. The predicted octanol–water partition coefficient (Wildman–Crippen LogP) is 1.38. The summed E-state index contributed by atoms with van der Waals surface area (Å²) in [5.41, 5.74) is -0.167. The van der Waals surface area contributed by atoms with Crippen LogP contribution in [0.15, 0.2) is 4.99 Å². The molecule has 3 heteroatoms. The average molecular weight is 139 g/mol. The van der Waals surface area contributed by atoms with Crippen molar-refractivity contribution in [3.63, 3.8) is 0 Å². The van der Waals surface area contributed by atoms with Crippen molar-refractivity contribution >= 4 is 18.6 Å². The third-order valence-corrected chi connectivity index (χ3v) is 1.07.